The molecule has 1 saturated heterocycles. The lowest BCUT2D eigenvalue weighted by Gasteiger charge is -2.29. The van der Waals surface area contributed by atoms with Crippen molar-refractivity contribution in [3.05, 3.63) is 93.8 Å². The van der Waals surface area contributed by atoms with Crippen LogP contribution in [0.15, 0.2) is 65.7 Å². The van der Waals surface area contributed by atoms with Crippen molar-refractivity contribution < 1.29 is 9.47 Å². The smallest absolute Gasteiger partial charge is 0.250 e. The van der Waals surface area contributed by atoms with Gasteiger partial charge in [-0.2, -0.15) is 0 Å². The van der Waals surface area contributed by atoms with Crippen LogP contribution >= 0.6 is 0 Å². The molecule has 1 atom stereocenters. The van der Waals surface area contributed by atoms with E-state index >= 15 is 0 Å². The number of aromatic nitrogens is 3. The van der Waals surface area contributed by atoms with Gasteiger partial charge in [0.25, 0.3) is 0 Å². The summed E-state index contributed by atoms with van der Waals surface area (Å²) in [6.07, 6.45) is 4.40. The van der Waals surface area contributed by atoms with Gasteiger partial charge in [-0.25, -0.2) is 9.97 Å². The molecule has 2 N–H and O–H groups in total. The number of benzene rings is 2. The molecule has 0 bridgehead atoms. The maximum Gasteiger partial charge on any atom is 0.250 e. The van der Waals surface area contributed by atoms with E-state index in [1.54, 1.807) is 6.07 Å². The Labute approximate surface area is 215 Å². The number of H-pyrrole nitrogens is 1. The first-order valence-electron chi connectivity index (χ1n) is 12.6. The van der Waals surface area contributed by atoms with Crippen LogP contribution in [0.25, 0.3) is 11.3 Å². The Kier molecular flexibility index (Phi) is 6.10. The molecule has 2 aromatic heterocycles. The second-order valence-corrected chi connectivity index (χ2v) is 9.60. The van der Waals surface area contributed by atoms with Crippen LogP contribution in [0.3, 0.4) is 0 Å². The highest BCUT2D eigenvalue weighted by atomic mass is 16.5. The van der Waals surface area contributed by atoms with Gasteiger partial charge in [-0.3, -0.25) is 4.79 Å². The number of aryl methyl sites for hydroxylation is 1. The summed E-state index contributed by atoms with van der Waals surface area (Å²) in [5.74, 6) is 2.35. The first-order chi connectivity index (χ1) is 18.0. The van der Waals surface area contributed by atoms with Crippen molar-refractivity contribution in [2.24, 2.45) is 0 Å². The molecule has 4 aromatic rings. The van der Waals surface area contributed by atoms with Crippen LogP contribution < -0.4 is 20.5 Å². The summed E-state index contributed by atoms with van der Waals surface area (Å²) in [6.45, 7) is 6.89. The molecular formula is C29H29N5O3. The lowest BCUT2D eigenvalue weighted by Crippen LogP contribution is -2.36. The van der Waals surface area contributed by atoms with E-state index < -0.39 is 0 Å². The molecule has 0 amide bonds. The average molecular weight is 496 g/mol. The Hall–Kier alpha value is -4.17. The predicted octanol–water partition coefficient (Wildman–Crippen LogP) is 4.85. The number of hydrogen-bond donors (Lipinski definition) is 2. The first-order valence-corrected chi connectivity index (χ1v) is 12.6. The highest BCUT2D eigenvalue weighted by Gasteiger charge is 2.23. The minimum absolute atomic E-state index is 0.0300. The quantitative estimate of drug-likeness (QED) is 0.360. The summed E-state index contributed by atoms with van der Waals surface area (Å²) in [5.41, 5.74) is 6.60. The van der Waals surface area contributed by atoms with Crippen molar-refractivity contribution >= 4 is 11.4 Å². The van der Waals surface area contributed by atoms with Crippen LogP contribution in [0.1, 0.15) is 35.5 Å². The number of hydrogen-bond acceptors (Lipinski definition) is 7. The zero-order valence-corrected chi connectivity index (χ0v) is 21.0. The molecule has 37 heavy (non-hydrogen) atoms. The van der Waals surface area contributed by atoms with Crippen LogP contribution in [0.4, 0.5) is 11.4 Å². The fraction of sp³-hybridized carbons (Fsp3) is 0.276. The van der Waals surface area contributed by atoms with E-state index in [-0.39, 0.29) is 11.6 Å². The maximum atomic E-state index is 12.6. The third-order valence-electron chi connectivity index (χ3n) is 6.82. The number of nitrogens with zero attached hydrogens (tertiary/aromatic N) is 3. The summed E-state index contributed by atoms with van der Waals surface area (Å²) in [6, 6.07) is 15.9. The SMILES string of the molecule is Cc1cnc(C(C)Nc2ccc3c(c2)Cc2cccc(-c4cc(N5CCOCC5)cc(=O)[nH]4)c2O3)nc1. The van der Waals surface area contributed by atoms with E-state index in [0.29, 0.717) is 13.2 Å². The molecule has 6 rings (SSSR count). The second kappa shape index (κ2) is 9.71. The number of anilines is 2. The van der Waals surface area contributed by atoms with Crippen molar-refractivity contribution in [3.8, 4) is 22.8 Å². The molecule has 0 saturated carbocycles. The van der Waals surface area contributed by atoms with Gasteiger partial charge in [0.2, 0.25) is 5.56 Å². The monoisotopic (exact) mass is 495 g/mol. The van der Waals surface area contributed by atoms with Gasteiger partial charge in [-0.05, 0) is 55.3 Å². The lowest BCUT2D eigenvalue weighted by molar-refractivity contribution is 0.122. The Morgan fingerprint density at radius 3 is 2.65 bits per heavy atom. The van der Waals surface area contributed by atoms with Gasteiger partial charge < -0.3 is 24.7 Å². The van der Waals surface area contributed by atoms with Crippen molar-refractivity contribution in [2.75, 3.05) is 36.5 Å². The van der Waals surface area contributed by atoms with Crippen molar-refractivity contribution in [3.63, 3.8) is 0 Å². The van der Waals surface area contributed by atoms with E-state index in [4.69, 9.17) is 9.47 Å². The third-order valence-corrected chi connectivity index (χ3v) is 6.82. The average Bonchev–Trinajstić information content (AvgIpc) is 2.92. The number of aromatic amines is 1. The highest BCUT2D eigenvalue weighted by Crippen LogP contribution is 2.43. The molecule has 1 fully saturated rings. The maximum absolute atomic E-state index is 12.6. The number of morpholine rings is 1. The Balaban J connectivity index is 1.27. The van der Waals surface area contributed by atoms with E-state index in [2.05, 4.69) is 37.3 Å². The summed E-state index contributed by atoms with van der Waals surface area (Å²) < 4.78 is 11.9. The van der Waals surface area contributed by atoms with E-state index in [1.807, 2.05) is 56.6 Å². The fourth-order valence-corrected chi connectivity index (χ4v) is 4.90. The van der Waals surface area contributed by atoms with E-state index in [1.165, 1.54) is 0 Å². The van der Waals surface area contributed by atoms with E-state index in [9.17, 15) is 4.79 Å². The molecule has 0 radical (unpaired) electrons. The third kappa shape index (κ3) is 4.80. The van der Waals surface area contributed by atoms with Gasteiger partial charge in [0.1, 0.15) is 17.3 Å². The molecule has 0 spiro atoms. The molecule has 2 aliphatic rings. The summed E-state index contributed by atoms with van der Waals surface area (Å²) in [7, 11) is 0. The molecule has 8 heteroatoms. The number of nitrogens with one attached hydrogen (secondary N) is 2. The van der Waals surface area contributed by atoms with Gasteiger partial charge in [0, 0.05) is 60.5 Å². The van der Waals surface area contributed by atoms with Gasteiger partial charge in [-0.15, -0.1) is 0 Å². The van der Waals surface area contributed by atoms with Crippen molar-refractivity contribution in [1.29, 1.82) is 0 Å². The largest absolute Gasteiger partial charge is 0.456 e. The minimum atomic E-state index is -0.129. The van der Waals surface area contributed by atoms with Gasteiger partial charge in [-0.1, -0.05) is 12.1 Å². The van der Waals surface area contributed by atoms with Crippen LogP contribution in [0.2, 0.25) is 0 Å². The number of ether oxygens (including phenoxy) is 2. The van der Waals surface area contributed by atoms with Crippen LogP contribution in [-0.2, 0) is 11.2 Å². The summed E-state index contributed by atoms with van der Waals surface area (Å²) >= 11 is 0. The molecule has 2 aliphatic heterocycles. The molecular weight excluding hydrogens is 466 g/mol. The zero-order chi connectivity index (χ0) is 25.4. The topological polar surface area (TPSA) is 92.4 Å². The zero-order valence-electron chi connectivity index (χ0n) is 21.0. The first kappa shape index (κ1) is 23.2. The lowest BCUT2D eigenvalue weighted by atomic mass is 9.96. The molecule has 4 heterocycles. The van der Waals surface area contributed by atoms with Gasteiger partial charge in [0.15, 0.2) is 0 Å². The van der Waals surface area contributed by atoms with Crippen molar-refractivity contribution in [1.82, 2.24) is 15.0 Å². The van der Waals surface area contributed by atoms with Gasteiger partial charge in [0.05, 0.1) is 24.9 Å². The fourth-order valence-electron chi connectivity index (χ4n) is 4.90. The normalized spacial score (nSPS) is 15.4. The van der Waals surface area contributed by atoms with Crippen molar-refractivity contribution in [2.45, 2.75) is 26.3 Å². The predicted molar refractivity (Wildman–Crippen MR) is 144 cm³/mol. The molecule has 188 valence electrons. The highest BCUT2D eigenvalue weighted by molar-refractivity contribution is 5.74. The number of para-hydroxylation sites is 1. The summed E-state index contributed by atoms with van der Waals surface area (Å²) in [4.78, 5) is 26.6. The molecule has 8 nitrogen and oxygen atoms in total. The van der Waals surface area contributed by atoms with Gasteiger partial charge >= 0.3 is 0 Å². The Morgan fingerprint density at radius 2 is 1.84 bits per heavy atom. The standard InChI is InChI=1S/C29H29N5O3/c1-18-16-30-29(31-17-18)19(2)32-22-6-7-26-21(13-22)12-20-4-3-5-24(28(20)37-26)25-14-23(15-27(35)33-25)34-8-10-36-11-9-34/h3-7,13-17,19,32H,8-12H2,1-2H3,(H,33,35). The number of fused-ring (bicyclic) bond motifs is 2. The van der Waals surface area contributed by atoms with Crippen LogP contribution in [0, 0.1) is 6.92 Å². The Bertz CT molecular complexity index is 1490. The van der Waals surface area contributed by atoms with Crippen LogP contribution in [0.5, 0.6) is 11.5 Å². The van der Waals surface area contributed by atoms with Crippen LogP contribution in [-0.4, -0.2) is 41.3 Å². The molecule has 1 unspecified atom stereocenters. The number of rotatable bonds is 5. The summed E-state index contributed by atoms with van der Waals surface area (Å²) in [5, 5.41) is 3.50. The number of pyridine rings is 1. The second-order valence-electron chi connectivity index (χ2n) is 9.60. The molecule has 2 aromatic carbocycles. The molecule has 0 aliphatic carbocycles. The van der Waals surface area contributed by atoms with E-state index in [0.717, 1.165) is 76.2 Å². The Morgan fingerprint density at radius 1 is 1.03 bits per heavy atom. The minimum Gasteiger partial charge on any atom is -0.456 e.